The summed E-state index contributed by atoms with van der Waals surface area (Å²) in [6.45, 7) is 15.1. The third-order valence-corrected chi connectivity index (χ3v) is 2.98. The van der Waals surface area contributed by atoms with Crippen LogP contribution in [-0.4, -0.2) is 5.54 Å². The quantitative estimate of drug-likeness (QED) is 0.773. The largest absolute Gasteiger partial charge is 0.295 e. The molecule has 1 N–H and O–H groups in total. The van der Waals surface area contributed by atoms with Crippen molar-refractivity contribution in [2.24, 2.45) is 0 Å². The summed E-state index contributed by atoms with van der Waals surface area (Å²) < 4.78 is 0. The summed E-state index contributed by atoms with van der Waals surface area (Å²) in [4.78, 5) is 0. The molecule has 0 radical (unpaired) electrons. The van der Waals surface area contributed by atoms with Gasteiger partial charge in [-0.1, -0.05) is 51.0 Å². The highest BCUT2D eigenvalue weighted by Gasteiger charge is 2.18. The van der Waals surface area contributed by atoms with E-state index >= 15 is 0 Å². The summed E-state index contributed by atoms with van der Waals surface area (Å²) in [6, 6.07) is 8.90. The predicted molar refractivity (Wildman–Crippen MR) is 84.2 cm³/mol. The molecule has 0 bridgehead atoms. The average molecular weight is 257 g/mol. The highest BCUT2D eigenvalue weighted by molar-refractivity contribution is 5.33. The fourth-order valence-corrected chi connectivity index (χ4v) is 1.96. The minimum absolute atomic E-state index is 0.0528. The summed E-state index contributed by atoms with van der Waals surface area (Å²) in [6.07, 6.45) is 0. The zero-order chi connectivity index (χ0) is 14.7. The maximum Gasteiger partial charge on any atom is 0.0949 e. The number of hydrogen-bond donors (Lipinski definition) is 1. The minimum atomic E-state index is 0.0528. The second kappa shape index (κ2) is 5.80. The lowest BCUT2D eigenvalue weighted by atomic mass is 9.86. The van der Waals surface area contributed by atoms with Crippen LogP contribution in [0.2, 0.25) is 0 Å². The smallest absolute Gasteiger partial charge is 0.0949 e. The molecule has 0 fully saturated rings. The molecule has 1 heteroatoms. The van der Waals surface area contributed by atoms with Gasteiger partial charge in [0.2, 0.25) is 0 Å². The Morgan fingerprint density at radius 1 is 0.947 bits per heavy atom. The van der Waals surface area contributed by atoms with Crippen LogP contribution in [0.25, 0.3) is 0 Å². The van der Waals surface area contributed by atoms with Gasteiger partial charge in [-0.25, -0.2) is 0 Å². The average Bonchev–Trinajstić information content (AvgIpc) is 2.26. The Hall–Kier alpha value is -1.26. The number of benzene rings is 1. The molecular formula is C18H27N. The molecule has 0 unspecified atom stereocenters. The molecule has 1 rings (SSSR count). The summed E-state index contributed by atoms with van der Waals surface area (Å²) in [5, 5.41) is 3.56. The van der Waals surface area contributed by atoms with E-state index < -0.39 is 0 Å². The van der Waals surface area contributed by atoms with E-state index in [2.05, 4.69) is 83.0 Å². The van der Waals surface area contributed by atoms with E-state index in [1.165, 1.54) is 11.1 Å². The molecule has 104 valence electrons. The van der Waals surface area contributed by atoms with Crippen LogP contribution in [0.3, 0.4) is 0 Å². The Kier molecular flexibility index (Phi) is 4.82. The zero-order valence-electron chi connectivity index (χ0n) is 13.4. The van der Waals surface area contributed by atoms with Gasteiger partial charge in [0, 0.05) is 5.54 Å². The summed E-state index contributed by atoms with van der Waals surface area (Å²) >= 11 is 0. The molecule has 1 atom stereocenters. The highest BCUT2D eigenvalue weighted by Crippen LogP contribution is 2.24. The lowest BCUT2D eigenvalue weighted by Gasteiger charge is -2.26. The Labute approximate surface area is 118 Å². The Morgan fingerprint density at radius 3 is 1.84 bits per heavy atom. The van der Waals surface area contributed by atoms with Crippen molar-refractivity contribution in [2.75, 3.05) is 0 Å². The molecule has 0 heterocycles. The first-order valence-corrected chi connectivity index (χ1v) is 6.94. The van der Waals surface area contributed by atoms with Crippen LogP contribution in [0.1, 0.15) is 65.6 Å². The molecule has 0 aliphatic heterocycles. The molecule has 19 heavy (non-hydrogen) atoms. The maximum absolute atomic E-state index is 3.56. The molecule has 0 amide bonds. The van der Waals surface area contributed by atoms with Crippen molar-refractivity contribution < 1.29 is 0 Å². The van der Waals surface area contributed by atoms with E-state index in [-0.39, 0.29) is 17.0 Å². The first-order chi connectivity index (χ1) is 8.63. The van der Waals surface area contributed by atoms with Gasteiger partial charge in [0.15, 0.2) is 0 Å². The van der Waals surface area contributed by atoms with Gasteiger partial charge in [0.1, 0.15) is 0 Å². The maximum atomic E-state index is 3.56. The molecule has 0 spiro atoms. The van der Waals surface area contributed by atoms with Gasteiger partial charge in [0.25, 0.3) is 0 Å². The monoisotopic (exact) mass is 257 g/mol. The SMILES string of the molecule is CC#C[C@@H](NC(C)(C)C)c1ccc(C(C)(C)C)cc1. The number of nitrogens with one attached hydrogen (secondary N) is 1. The predicted octanol–water partition coefficient (Wildman–Crippen LogP) is 4.44. The Balaban J connectivity index is 3.01. The van der Waals surface area contributed by atoms with Crippen molar-refractivity contribution >= 4 is 0 Å². The first-order valence-electron chi connectivity index (χ1n) is 6.94. The summed E-state index contributed by atoms with van der Waals surface area (Å²) in [5.41, 5.74) is 2.84. The normalized spacial score (nSPS) is 13.6. The Bertz CT molecular complexity index is 458. The first kappa shape index (κ1) is 15.8. The van der Waals surface area contributed by atoms with Crippen molar-refractivity contribution in [3.8, 4) is 11.8 Å². The van der Waals surface area contributed by atoms with Gasteiger partial charge in [-0.3, -0.25) is 5.32 Å². The van der Waals surface area contributed by atoms with E-state index in [1.807, 2.05) is 6.92 Å². The highest BCUT2D eigenvalue weighted by atomic mass is 15.0. The van der Waals surface area contributed by atoms with E-state index in [1.54, 1.807) is 0 Å². The Morgan fingerprint density at radius 2 is 1.47 bits per heavy atom. The number of rotatable bonds is 2. The van der Waals surface area contributed by atoms with Crippen molar-refractivity contribution in [1.82, 2.24) is 5.32 Å². The van der Waals surface area contributed by atoms with Crippen LogP contribution >= 0.6 is 0 Å². The van der Waals surface area contributed by atoms with Crippen molar-refractivity contribution in [2.45, 2.75) is 65.5 Å². The van der Waals surface area contributed by atoms with Gasteiger partial charge in [-0.2, -0.15) is 0 Å². The van der Waals surface area contributed by atoms with Crippen LogP contribution < -0.4 is 5.32 Å². The molecule has 0 saturated carbocycles. The van der Waals surface area contributed by atoms with E-state index in [0.29, 0.717) is 0 Å². The van der Waals surface area contributed by atoms with E-state index in [4.69, 9.17) is 0 Å². The van der Waals surface area contributed by atoms with Crippen molar-refractivity contribution in [1.29, 1.82) is 0 Å². The third-order valence-electron chi connectivity index (χ3n) is 2.98. The third kappa shape index (κ3) is 5.09. The van der Waals surface area contributed by atoms with Crippen molar-refractivity contribution in [3.05, 3.63) is 35.4 Å². The van der Waals surface area contributed by atoms with E-state index in [9.17, 15) is 0 Å². The molecule has 1 nitrogen and oxygen atoms in total. The fraction of sp³-hybridized carbons (Fsp3) is 0.556. The zero-order valence-corrected chi connectivity index (χ0v) is 13.4. The van der Waals surface area contributed by atoms with Crippen molar-refractivity contribution in [3.63, 3.8) is 0 Å². The van der Waals surface area contributed by atoms with Crippen LogP contribution in [0.5, 0.6) is 0 Å². The topological polar surface area (TPSA) is 12.0 Å². The van der Waals surface area contributed by atoms with Gasteiger partial charge < -0.3 is 0 Å². The van der Waals surface area contributed by atoms with Crippen LogP contribution in [0, 0.1) is 11.8 Å². The lowest BCUT2D eigenvalue weighted by Crippen LogP contribution is -2.38. The minimum Gasteiger partial charge on any atom is -0.295 e. The molecule has 0 saturated heterocycles. The second-order valence-electron chi connectivity index (χ2n) is 7.09. The molecule has 0 aliphatic rings. The van der Waals surface area contributed by atoms with Gasteiger partial charge in [-0.15, -0.1) is 5.92 Å². The van der Waals surface area contributed by atoms with Gasteiger partial charge in [-0.05, 0) is 44.2 Å². The van der Waals surface area contributed by atoms with Crippen LogP contribution in [-0.2, 0) is 5.41 Å². The summed E-state index contributed by atoms with van der Waals surface area (Å²) in [7, 11) is 0. The summed E-state index contributed by atoms with van der Waals surface area (Å²) in [5.74, 6) is 6.27. The number of hydrogen-bond acceptors (Lipinski definition) is 1. The molecular weight excluding hydrogens is 230 g/mol. The molecule has 1 aromatic rings. The molecule has 0 aliphatic carbocycles. The van der Waals surface area contributed by atoms with Crippen LogP contribution in [0.15, 0.2) is 24.3 Å². The van der Waals surface area contributed by atoms with Crippen LogP contribution in [0.4, 0.5) is 0 Å². The fourth-order valence-electron chi connectivity index (χ4n) is 1.96. The van der Waals surface area contributed by atoms with Gasteiger partial charge >= 0.3 is 0 Å². The standard InChI is InChI=1S/C18H27N/c1-8-9-16(19-18(5,6)7)14-10-12-15(13-11-14)17(2,3)4/h10-13,16,19H,1-7H3/t16-/m1/s1. The molecule has 0 aromatic heterocycles. The van der Waals surface area contributed by atoms with E-state index in [0.717, 1.165) is 0 Å². The van der Waals surface area contributed by atoms with Gasteiger partial charge in [0.05, 0.1) is 6.04 Å². The second-order valence-corrected chi connectivity index (χ2v) is 7.09. The molecule has 1 aromatic carbocycles. The lowest BCUT2D eigenvalue weighted by molar-refractivity contribution is 0.402.